The lowest BCUT2D eigenvalue weighted by Gasteiger charge is -2.18. The predicted octanol–water partition coefficient (Wildman–Crippen LogP) is 4.62. The summed E-state index contributed by atoms with van der Waals surface area (Å²) in [4.78, 5) is 4.37. The van der Waals surface area contributed by atoms with Crippen LogP contribution in [0.3, 0.4) is 0 Å². The summed E-state index contributed by atoms with van der Waals surface area (Å²) in [7, 11) is -3.51. The van der Waals surface area contributed by atoms with E-state index in [9.17, 15) is 8.42 Å². The van der Waals surface area contributed by atoms with Gasteiger partial charge in [0.05, 0.1) is 5.71 Å². The van der Waals surface area contributed by atoms with E-state index in [1.807, 2.05) is 51.1 Å². The van der Waals surface area contributed by atoms with Crippen molar-refractivity contribution in [1.29, 1.82) is 0 Å². The van der Waals surface area contributed by atoms with Crippen LogP contribution in [0, 0.1) is 0 Å². The Morgan fingerprint density at radius 2 is 1.57 bits per heavy atom. The highest BCUT2D eigenvalue weighted by Gasteiger charge is 2.21. The van der Waals surface area contributed by atoms with Crippen molar-refractivity contribution in [2.45, 2.75) is 25.7 Å². The first kappa shape index (κ1) is 21.7. The Labute approximate surface area is 178 Å². The van der Waals surface area contributed by atoms with Crippen LogP contribution in [0.1, 0.15) is 26.3 Å². The summed E-state index contributed by atoms with van der Waals surface area (Å²) in [6, 6.07) is 21.5. The first-order valence-corrected chi connectivity index (χ1v) is 11.3. The van der Waals surface area contributed by atoms with Gasteiger partial charge >= 0.3 is 0 Å². The van der Waals surface area contributed by atoms with Crippen LogP contribution in [0.15, 0.2) is 82.9 Å². The van der Waals surface area contributed by atoms with Gasteiger partial charge < -0.3 is 0 Å². The minimum absolute atomic E-state index is 0.175. The third-order valence-electron chi connectivity index (χ3n) is 4.83. The van der Waals surface area contributed by atoms with Crippen molar-refractivity contribution in [3.8, 4) is 11.1 Å². The zero-order chi connectivity index (χ0) is 21.6. The monoisotopic (exact) mass is 422 g/mol. The second kappa shape index (κ2) is 9.65. The van der Waals surface area contributed by atoms with E-state index in [-0.39, 0.29) is 4.90 Å². The Hall–Kier alpha value is -3.03. The Morgan fingerprint density at radius 3 is 2.13 bits per heavy atom. The molecule has 0 fully saturated rings. The van der Waals surface area contributed by atoms with E-state index in [4.69, 9.17) is 0 Å². The zero-order valence-corrected chi connectivity index (χ0v) is 18.2. The number of hydrogen-bond acceptors (Lipinski definition) is 5. The molecule has 0 radical (unpaired) electrons. The summed E-state index contributed by atoms with van der Waals surface area (Å²) in [5.41, 5.74) is 7.00. The van der Waals surface area contributed by atoms with Crippen LogP contribution in [0.25, 0.3) is 11.1 Å². The normalized spacial score (nSPS) is 12.2. The summed E-state index contributed by atoms with van der Waals surface area (Å²) in [6.45, 7) is 6.38. The average molecular weight is 423 g/mol. The molecule has 0 unspecified atom stereocenters. The molecule has 1 aromatic heterocycles. The molecular weight excluding hydrogens is 396 g/mol. The largest absolute Gasteiger partial charge is 0.261 e. The van der Waals surface area contributed by atoms with E-state index >= 15 is 0 Å². The molecule has 3 rings (SSSR count). The summed E-state index contributed by atoms with van der Waals surface area (Å²) in [6.07, 6.45) is 1.36. The SMILES string of the molecule is CCN(CC)S(=O)(=O)c1ccc(N/N=C(\C)c2ccc(-c3ccccc3)cc2)nc1. The quantitative estimate of drug-likeness (QED) is 0.425. The van der Waals surface area contributed by atoms with E-state index in [1.165, 1.54) is 16.1 Å². The molecule has 6 nitrogen and oxygen atoms in total. The van der Waals surface area contributed by atoms with Crippen LogP contribution in [0.2, 0.25) is 0 Å². The molecule has 2 aromatic carbocycles. The molecular formula is C23H26N4O2S. The van der Waals surface area contributed by atoms with Gasteiger partial charge in [0.2, 0.25) is 10.0 Å². The Balaban J connectivity index is 1.70. The minimum Gasteiger partial charge on any atom is -0.261 e. The van der Waals surface area contributed by atoms with Gasteiger partial charge in [-0.25, -0.2) is 13.4 Å². The molecule has 1 heterocycles. The fourth-order valence-electron chi connectivity index (χ4n) is 3.05. The molecule has 0 spiro atoms. The number of nitrogens with one attached hydrogen (secondary N) is 1. The van der Waals surface area contributed by atoms with Crippen LogP contribution >= 0.6 is 0 Å². The van der Waals surface area contributed by atoms with Crippen LogP contribution in [0.5, 0.6) is 0 Å². The number of aromatic nitrogens is 1. The summed E-state index contributed by atoms with van der Waals surface area (Å²) in [5.74, 6) is 0.480. The highest BCUT2D eigenvalue weighted by Crippen LogP contribution is 2.20. The van der Waals surface area contributed by atoms with Crippen LogP contribution in [-0.2, 0) is 10.0 Å². The van der Waals surface area contributed by atoms with Gasteiger partial charge in [0, 0.05) is 19.3 Å². The minimum atomic E-state index is -3.51. The van der Waals surface area contributed by atoms with Gasteiger partial charge in [-0.2, -0.15) is 9.41 Å². The molecule has 0 bridgehead atoms. The van der Waals surface area contributed by atoms with Crippen molar-refractivity contribution < 1.29 is 8.42 Å². The lowest BCUT2D eigenvalue weighted by atomic mass is 10.0. The number of hydrogen-bond donors (Lipinski definition) is 1. The van der Waals surface area contributed by atoms with Crippen LogP contribution in [-0.4, -0.2) is 36.5 Å². The third kappa shape index (κ3) is 4.93. The lowest BCUT2D eigenvalue weighted by molar-refractivity contribution is 0.445. The fourth-order valence-corrected chi connectivity index (χ4v) is 4.46. The number of benzene rings is 2. The number of hydrazone groups is 1. The van der Waals surface area contributed by atoms with E-state index in [0.29, 0.717) is 18.9 Å². The molecule has 7 heteroatoms. The lowest BCUT2D eigenvalue weighted by Crippen LogP contribution is -2.30. The molecule has 3 aromatic rings. The van der Waals surface area contributed by atoms with Gasteiger partial charge in [-0.3, -0.25) is 5.43 Å². The molecule has 0 saturated carbocycles. The summed E-state index contributed by atoms with van der Waals surface area (Å²) < 4.78 is 26.5. The maximum Gasteiger partial charge on any atom is 0.244 e. The molecule has 156 valence electrons. The fraction of sp³-hybridized carbons (Fsp3) is 0.217. The van der Waals surface area contributed by atoms with E-state index in [1.54, 1.807) is 12.1 Å². The average Bonchev–Trinajstić information content (AvgIpc) is 2.79. The van der Waals surface area contributed by atoms with E-state index < -0.39 is 10.0 Å². The van der Waals surface area contributed by atoms with Gasteiger partial charge in [0.25, 0.3) is 0 Å². The van der Waals surface area contributed by atoms with Gasteiger partial charge in [-0.15, -0.1) is 0 Å². The smallest absolute Gasteiger partial charge is 0.244 e. The van der Waals surface area contributed by atoms with Crippen molar-refractivity contribution >= 4 is 21.6 Å². The third-order valence-corrected chi connectivity index (χ3v) is 6.86. The predicted molar refractivity (Wildman–Crippen MR) is 122 cm³/mol. The highest BCUT2D eigenvalue weighted by atomic mass is 32.2. The van der Waals surface area contributed by atoms with Crippen molar-refractivity contribution in [3.05, 3.63) is 78.5 Å². The standard InChI is InChI=1S/C23H26N4O2S/c1-4-27(5-2)30(28,29)22-15-16-23(24-17-22)26-25-18(3)19-11-13-21(14-12-19)20-9-7-6-8-10-20/h6-17H,4-5H2,1-3H3,(H,24,26)/b25-18+. The molecule has 0 aliphatic heterocycles. The van der Waals surface area contributed by atoms with Gasteiger partial charge in [0.15, 0.2) is 0 Å². The topological polar surface area (TPSA) is 74.7 Å². The van der Waals surface area contributed by atoms with E-state index in [0.717, 1.165) is 16.8 Å². The summed E-state index contributed by atoms with van der Waals surface area (Å²) >= 11 is 0. The van der Waals surface area contributed by atoms with Gasteiger partial charge in [0.1, 0.15) is 10.7 Å². The molecule has 1 N–H and O–H groups in total. The van der Waals surface area contributed by atoms with Crippen molar-refractivity contribution in [2.24, 2.45) is 5.10 Å². The zero-order valence-electron chi connectivity index (χ0n) is 17.4. The maximum absolute atomic E-state index is 12.5. The van der Waals surface area contributed by atoms with Crippen molar-refractivity contribution in [2.75, 3.05) is 18.5 Å². The molecule has 0 saturated heterocycles. The number of nitrogens with zero attached hydrogens (tertiary/aromatic N) is 3. The molecule has 0 atom stereocenters. The molecule has 30 heavy (non-hydrogen) atoms. The maximum atomic E-state index is 12.5. The molecule has 0 aliphatic rings. The van der Waals surface area contributed by atoms with Crippen LogP contribution < -0.4 is 5.43 Å². The number of sulfonamides is 1. The molecule has 0 aliphatic carbocycles. The Kier molecular flexibility index (Phi) is 6.97. The van der Waals surface area contributed by atoms with Crippen molar-refractivity contribution in [3.63, 3.8) is 0 Å². The highest BCUT2D eigenvalue weighted by molar-refractivity contribution is 7.89. The van der Waals surface area contributed by atoms with Gasteiger partial charge in [-0.05, 0) is 35.7 Å². The first-order valence-electron chi connectivity index (χ1n) is 9.88. The first-order chi connectivity index (χ1) is 14.5. The van der Waals surface area contributed by atoms with Crippen molar-refractivity contribution in [1.82, 2.24) is 9.29 Å². The van der Waals surface area contributed by atoms with Gasteiger partial charge in [-0.1, -0.05) is 68.4 Å². The van der Waals surface area contributed by atoms with Crippen LogP contribution in [0.4, 0.5) is 5.82 Å². The Bertz CT molecular complexity index is 1090. The second-order valence-electron chi connectivity index (χ2n) is 6.72. The number of pyridine rings is 1. The molecule has 0 amide bonds. The number of rotatable bonds is 8. The number of anilines is 1. The van der Waals surface area contributed by atoms with E-state index in [2.05, 4.69) is 39.8 Å². The Morgan fingerprint density at radius 1 is 0.933 bits per heavy atom. The summed E-state index contributed by atoms with van der Waals surface area (Å²) in [5, 5.41) is 4.37. The second-order valence-corrected chi connectivity index (χ2v) is 8.66.